The van der Waals surface area contributed by atoms with Crippen LogP contribution in [0.5, 0.6) is 5.88 Å². The number of thiazole rings is 1. The lowest BCUT2D eigenvalue weighted by molar-refractivity contribution is -0.794. The van der Waals surface area contributed by atoms with Crippen molar-refractivity contribution in [1.29, 1.82) is 0 Å². The summed E-state index contributed by atoms with van der Waals surface area (Å²) in [5.74, 6) is 0.101. The van der Waals surface area contributed by atoms with E-state index in [4.69, 9.17) is 14.5 Å². The smallest absolute Gasteiger partial charge is 0.468 e. The van der Waals surface area contributed by atoms with Crippen molar-refractivity contribution in [2.24, 2.45) is 5.92 Å². The van der Waals surface area contributed by atoms with Crippen molar-refractivity contribution < 1.29 is 23.5 Å². The van der Waals surface area contributed by atoms with Crippen molar-refractivity contribution in [3.8, 4) is 5.88 Å². The molecule has 2 aromatic heterocycles. The van der Waals surface area contributed by atoms with Crippen LogP contribution in [0.25, 0.3) is 16.8 Å². The highest BCUT2D eigenvalue weighted by Crippen LogP contribution is 2.36. The summed E-state index contributed by atoms with van der Waals surface area (Å²) in [5.41, 5.74) is 1.71. The number of fused-ring (bicyclic) bond motifs is 1. The van der Waals surface area contributed by atoms with Crippen molar-refractivity contribution in [1.82, 2.24) is 9.97 Å². The van der Waals surface area contributed by atoms with Crippen molar-refractivity contribution in [2.75, 3.05) is 19.0 Å². The lowest BCUT2D eigenvalue weighted by atomic mass is 9.86. The number of hydrogen-bond acceptors (Lipinski definition) is 8. The maximum Gasteiger partial charge on any atom is 0.523 e. The van der Waals surface area contributed by atoms with E-state index in [1.54, 1.807) is 12.3 Å². The van der Waals surface area contributed by atoms with Gasteiger partial charge in [0.2, 0.25) is 5.88 Å². The number of hydrogen-bond donors (Lipinski definition) is 1. The first-order valence-electron chi connectivity index (χ1n) is 14.0. The average molecular weight is 578 g/mol. The average Bonchev–Trinajstić information content (AvgIpc) is 3.56. The van der Waals surface area contributed by atoms with Gasteiger partial charge in [-0.3, -0.25) is 0 Å². The molecule has 1 fully saturated rings. The quantitative estimate of drug-likeness (QED) is 0.205. The molecule has 3 heterocycles. The van der Waals surface area contributed by atoms with E-state index in [2.05, 4.69) is 37.3 Å². The summed E-state index contributed by atoms with van der Waals surface area (Å²) < 4.78 is 11.2. The maximum atomic E-state index is 14.4. The summed E-state index contributed by atoms with van der Waals surface area (Å²) >= 11 is 1.46. The zero-order valence-electron chi connectivity index (χ0n) is 24.8. The molecule has 1 N–H and O–H groups in total. The van der Waals surface area contributed by atoms with E-state index < -0.39 is 22.7 Å². The number of quaternary nitrogens is 1. The van der Waals surface area contributed by atoms with Gasteiger partial charge >= 0.3 is 12.0 Å². The topological polar surface area (TPSA) is 90.4 Å². The number of likely N-dealkylation sites (tertiary alicyclic amines) is 1. The van der Waals surface area contributed by atoms with Crippen molar-refractivity contribution >= 4 is 45.3 Å². The maximum absolute atomic E-state index is 14.4. The summed E-state index contributed by atoms with van der Waals surface area (Å²) in [5, 5.41) is 7.85. The Kier molecular flexibility index (Phi) is 8.99. The number of carbonyl (C=O) groups is 2. The van der Waals surface area contributed by atoms with Gasteiger partial charge < -0.3 is 14.8 Å². The van der Waals surface area contributed by atoms with Gasteiger partial charge in [-0.15, -0.1) is 17.9 Å². The van der Waals surface area contributed by atoms with E-state index in [1.807, 2.05) is 56.5 Å². The predicted octanol–water partition coefficient (Wildman–Crippen LogP) is 6.97. The number of nitrogens with zero attached hydrogens (tertiary/aromatic N) is 3. The molecule has 0 saturated carbocycles. The Bertz CT molecular complexity index is 1450. The summed E-state index contributed by atoms with van der Waals surface area (Å²) in [4.78, 5) is 37.2. The minimum Gasteiger partial charge on any atom is -0.468 e. The van der Waals surface area contributed by atoms with Gasteiger partial charge in [0.05, 0.1) is 12.8 Å². The van der Waals surface area contributed by atoms with Crippen LogP contribution in [-0.4, -0.2) is 58.3 Å². The van der Waals surface area contributed by atoms with Gasteiger partial charge in [0.1, 0.15) is 18.6 Å². The van der Waals surface area contributed by atoms with Crippen LogP contribution in [0.2, 0.25) is 0 Å². The summed E-state index contributed by atoms with van der Waals surface area (Å²) in [6, 6.07) is 6.86. The number of benzene rings is 1. The number of pyridine rings is 1. The molecule has 1 aliphatic rings. The van der Waals surface area contributed by atoms with E-state index in [0.29, 0.717) is 17.4 Å². The zero-order valence-corrected chi connectivity index (χ0v) is 25.7. The predicted molar refractivity (Wildman–Crippen MR) is 165 cm³/mol. The number of allylic oxidation sites excluding steroid dienone is 1. The molecular formula is C32H41N4O4S+. The number of ether oxygens (including phenoxy) is 2. The van der Waals surface area contributed by atoms with Crippen LogP contribution >= 0.6 is 11.3 Å². The second kappa shape index (κ2) is 12.1. The van der Waals surface area contributed by atoms with E-state index >= 15 is 0 Å². The Morgan fingerprint density at radius 3 is 2.68 bits per heavy atom. The van der Waals surface area contributed by atoms with Crippen molar-refractivity contribution in [2.45, 2.75) is 71.1 Å². The van der Waals surface area contributed by atoms with Crippen LogP contribution in [-0.2, 0) is 14.9 Å². The highest BCUT2D eigenvalue weighted by atomic mass is 32.1. The molecule has 8 nitrogen and oxygen atoms in total. The van der Waals surface area contributed by atoms with Gasteiger partial charge in [0.15, 0.2) is 11.2 Å². The monoisotopic (exact) mass is 577 g/mol. The van der Waals surface area contributed by atoms with Crippen LogP contribution in [0.3, 0.4) is 0 Å². The van der Waals surface area contributed by atoms with E-state index in [1.165, 1.54) is 18.4 Å². The molecule has 4 atom stereocenters. The lowest BCUT2D eigenvalue weighted by Gasteiger charge is -2.35. The summed E-state index contributed by atoms with van der Waals surface area (Å²) in [6.07, 6.45) is 5.62. The molecule has 0 bridgehead atoms. The van der Waals surface area contributed by atoms with Gasteiger partial charge in [0.25, 0.3) is 0 Å². The molecule has 9 heteroatoms. The van der Waals surface area contributed by atoms with Crippen LogP contribution in [0.1, 0.15) is 58.7 Å². The van der Waals surface area contributed by atoms with Crippen LogP contribution in [0.15, 0.2) is 55.1 Å². The number of nitrogens with one attached hydrogen (secondary N) is 1. The van der Waals surface area contributed by atoms with E-state index in [-0.39, 0.29) is 29.8 Å². The Morgan fingerprint density at radius 1 is 1.27 bits per heavy atom. The normalized spacial score (nSPS) is 21.4. The molecule has 2 amide bonds. The number of amides is 2. The molecule has 4 rings (SSSR count). The van der Waals surface area contributed by atoms with Gasteiger partial charge in [-0.25, -0.2) is 14.8 Å². The number of imide groups is 1. The zero-order chi connectivity index (χ0) is 29.9. The summed E-state index contributed by atoms with van der Waals surface area (Å²) in [6.45, 7) is 17.9. The molecule has 218 valence electrons. The fraction of sp³-hybridized carbons (Fsp3) is 0.438. The number of aromatic nitrogens is 2. The molecular weight excluding hydrogens is 536 g/mol. The lowest BCUT2D eigenvalue weighted by Crippen LogP contribution is -2.64. The standard InChI is InChI=1S/C32H41N4O4S/c1-9-14-32(6,7)26-19-41-30(34-26)35-27(20(3)4)29(37)36(31(38)39-8)18-24(16-21(36)5)40-28-25-17-22(10-2)11-12-23(25)13-15-33-28/h9-13,15,17,19-21,24,27H,1-2,14,16,18H2,3-8H3,(H,34,35)/q+1/t21?,24-,27?,36?/m1/s1. The third-order valence-electron chi connectivity index (χ3n) is 8.07. The largest absolute Gasteiger partial charge is 0.523 e. The fourth-order valence-corrected chi connectivity index (χ4v) is 6.53. The molecule has 1 saturated heterocycles. The number of methoxy groups -OCH3 is 1. The second-order valence-corrected chi connectivity index (χ2v) is 12.6. The molecule has 0 aliphatic carbocycles. The Balaban J connectivity index is 1.63. The van der Waals surface area contributed by atoms with Gasteiger partial charge in [-0.1, -0.05) is 58.6 Å². The van der Waals surface area contributed by atoms with Crippen LogP contribution in [0, 0.1) is 5.92 Å². The first kappa shape index (κ1) is 30.4. The Labute approximate surface area is 246 Å². The molecule has 1 aliphatic heterocycles. The Morgan fingerprint density at radius 2 is 2.02 bits per heavy atom. The third-order valence-corrected chi connectivity index (χ3v) is 8.85. The number of carbonyl (C=O) groups excluding carboxylic acids is 2. The minimum atomic E-state index is -0.664. The molecule has 0 spiro atoms. The molecule has 41 heavy (non-hydrogen) atoms. The van der Waals surface area contributed by atoms with E-state index in [9.17, 15) is 9.59 Å². The van der Waals surface area contributed by atoms with Gasteiger partial charge in [0, 0.05) is 28.8 Å². The van der Waals surface area contributed by atoms with Crippen molar-refractivity contribution in [3.63, 3.8) is 0 Å². The summed E-state index contributed by atoms with van der Waals surface area (Å²) in [7, 11) is 1.33. The van der Waals surface area contributed by atoms with Gasteiger partial charge in [-0.05, 0) is 42.3 Å². The van der Waals surface area contributed by atoms with Crippen LogP contribution in [0.4, 0.5) is 9.93 Å². The first-order valence-corrected chi connectivity index (χ1v) is 14.9. The van der Waals surface area contributed by atoms with Crippen molar-refractivity contribution in [3.05, 3.63) is 66.3 Å². The molecule has 3 aromatic rings. The SMILES string of the molecule is C=CCC(C)(C)c1csc(NC(C(=O)[N+]2(C(=O)OC)C[C@H](Oc3nccc4ccc(C=C)cc34)CC2C)C(C)C)n1. The highest BCUT2D eigenvalue weighted by molar-refractivity contribution is 7.13. The minimum absolute atomic E-state index is 0.111. The molecule has 3 unspecified atom stereocenters. The molecule has 0 radical (unpaired) electrons. The highest BCUT2D eigenvalue weighted by Gasteiger charge is 2.60. The number of rotatable bonds is 10. The number of anilines is 1. The Hall–Kier alpha value is -3.56. The second-order valence-electron chi connectivity index (χ2n) is 11.8. The first-order chi connectivity index (χ1) is 19.5. The van der Waals surface area contributed by atoms with E-state index in [0.717, 1.165) is 28.5 Å². The fourth-order valence-electron chi connectivity index (χ4n) is 5.59. The van der Waals surface area contributed by atoms with Crippen LogP contribution < -0.4 is 10.1 Å². The molecule has 1 aromatic carbocycles. The third kappa shape index (κ3) is 5.92. The van der Waals surface area contributed by atoms with Gasteiger partial charge in [-0.2, -0.15) is 9.28 Å².